The Balaban J connectivity index is 1.93. The Labute approximate surface area is 67.9 Å². The number of rotatable bonds is 0. The maximum Gasteiger partial charge on any atom is 0.0841 e. The first-order chi connectivity index (χ1) is 5.36. The van der Waals surface area contributed by atoms with Crippen LogP contribution in [0.5, 0.6) is 0 Å². The highest BCUT2D eigenvalue weighted by Gasteiger charge is 2.31. The third-order valence-corrected chi connectivity index (χ3v) is 2.64. The highest BCUT2D eigenvalue weighted by atomic mass is 16.6. The second-order valence-corrected chi connectivity index (χ2v) is 3.61. The van der Waals surface area contributed by atoms with E-state index in [0.717, 1.165) is 6.61 Å². The zero-order valence-corrected chi connectivity index (χ0v) is 7.08. The van der Waals surface area contributed by atoms with Gasteiger partial charge in [0.05, 0.1) is 18.3 Å². The van der Waals surface area contributed by atoms with Gasteiger partial charge in [0.25, 0.3) is 0 Å². The van der Waals surface area contributed by atoms with Crippen molar-refractivity contribution in [2.45, 2.75) is 50.9 Å². The maximum atomic E-state index is 5.77. The second-order valence-electron chi connectivity index (χ2n) is 3.61. The first-order valence-corrected chi connectivity index (χ1v) is 4.63. The van der Waals surface area contributed by atoms with Crippen LogP contribution in [-0.2, 0) is 9.47 Å². The predicted octanol–water partition coefficient (Wildman–Crippen LogP) is 1.73. The van der Waals surface area contributed by atoms with Crippen molar-refractivity contribution in [3.05, 3.63) is 0 Å². The van der Waals surface area contributed by atoms with E-state index < -0.39 is 0 Å². The van der Waals surface area contributed by atoms with Gasteiger partial charge in [-0.2, -0.15) is 0 Å². The molecule has 64 valence electrons. The molecule has 0 aromatic rings. The van der Waals surface area contributed by atoms with Crippen LogP contribution in [0.25, 0.3) is 0 Å². The van der Waals surface area contributed by atoms with Gasteiger partial charge in [0, 0.05) is 6.61 Å². The lowest BCUT2D eigenvalue weighted by Crippen LogP contribution is -2.42. The van der Waals surface area contributed by atoms with Crippen LogP contribution >= 0.6 is 0 Å². The Morgan fingerprint density at radius 2 is 2.00 bits per heavy atom. The Morgan fingerprint density at radius 3 is 2.91 bits per heavy atom. The van der Waals surface area contributed by atoms with Gasteiger partial charge in [-0.1, -0.05) is 0 Å². The minimum absolute atomic E-state index is 0.410. The van der Waals surface area contributed by atoms with Gasteiger partial charge in [-0.15, -0.1) is 0 Å². The van der Waals surface area contributed by atoms with E-state index in [0.29, 0.717) is 18.3 Å². The zero-order chi connectivity index (χ0) is 7.68. The predicted molar refractivity (Wildman–Crippen MR) is 42.5 cm³/mol. The summed E-state index contributed by atoms with van der Waals surface area (Å²) in [6, 6.07) is 0. The molecule has 2 aliphatic rings. The van der Waals surface area contributed by atoms with E-state index in [4.69, 9.17) is 9.47 Å². The van der Waals surface area contributed by atoms with E-state index in [2.05, 4.69) is 6.92 Å². The number of hydrogen-bond donors (Lipinski definition) is 0. The molecule has 0 N–H and O–H groups in total. The summed E-state index contributed by atoms with van der Waals surface area (Å²) in [5.41, 5.74) is 0. The SMILES string of the molecule is CC1CCC2OCCCC2O1. The standard InChI is InChI=1S/C9H16O2/c1-7-4-5-8-9(11-7)3-2-6-10-8/h7-9H,2-6H2,1H3. The van der Waals surface area contributed by atoms with Crippen LogP contribution in [0, 0.1) is 0 Å². The Bertz CT molecular complexity index is 136. The van der Waals surface area contributed by atoms with Crippen LogP contribution < -0.4 is 0 Å². The molecule has 2 rings (SSSR count). The van der Waals surface area contributed by atoms with Gasteiger partial charge in [-0.3, -0.25) is 0 Å². The molecule has 0 radical (unpaired) electrons. The molecule has 0 spiro atoms. The molecule has 2 heteroatoms. The molecular weight excluding hydrogens is 140 g/mol. The summed E-state index contributed by atoms with van der Waals surface area (Å²) in [4.78, 5) is 0. The molecule has 2 nitrogen and oxygen atoms in total. The van der Waals surface area contributed by atoms with Crippen LogP contribution in [0.3, 0.4) is 0 Å². The van der Waals surface area contributed by atoms with E-state index in [1.807, 2.05) is 0 Å². The molecule has 3 unspecified atom stereocenters. The van der Waals surface area contributed by atoms with Crippen molar-refractivity contribution in [2.75, 3.05) is 6.61 Å². The first kappa shape index (κ1) is 7.56. The van der Waals surface area contributed by atoms with E-state index >= 15 is 0 Å². The molecule has 0 aliphatic carbocycles. The molecule has 2 heterocycles. The molecule has 3 atom stereocenters. The molecular formula is C9H16O2. The first-order valence-electron chi connectivity index (χ1n) is 4.63. The minimum Gasteiger partial charge on any atom is -0.376 e. The minimum atomic E-state index is 0.410. The molecule has 0 saturated carbocycles. The molecule has 2 aliphatic heterocycles. The van der Waals surface area contributed by atoms with Crippen LogP contribution in [0.4, 0.5) is 0 Å². The van der Waals surface area contributed by atoms with Gasteiger partial charge in [0.2, 0.25) is 0 Å². The monoisotopic (exact) mass is 156 g/mol. The van der Waals surface area contributed by atoms with Crippen LogP contribution in [0.2, 0.25) is 0 Å². The van der Waals surface area contributed by atoms with Crippen molar-refractivity contribution in [1.82, 2.24) is 0 Å². The Kier molecular flexibility index (Phi) is 2.14. The van der Waals surface area contributed by atoms with Crippen molar-refractivity contribution in [3.8, 4) is 0 Å². The molecule has 0 aromatic heterocycles. The van der Waals surface area contributed by atoms with Crippen molar-refractivity contribution < 1.29 is 9.47 Å². The van der Waals surface area contributed by atoms with E-state index in [1.54, 1.807) is 0 Å². The van der Waals surface area contributed by atoms with Crippen LogP contribution in [0.15, 0.2) is 0 Å². The average molecular weight is 156 g/mol. The lowest BCUT2D eigenvalue weighted by atomic mass is 9.96. The van der Waals surface area contributed by atoms with Crippen LogP contribution in [0.1, 0.15) is 32.6 Å². The highest BCUT2D eigenvalue weighted by molar-refractivity contribution is 4.80. The van der Waals surface area contributed by atoms with Crippen molar-refractivity contribution in [2.24, 2.45) is 0 Å². The van der Waals surface area contributed by atoms with E-state index in [9.17, 15) is 0 Å². The van der Waals surface area contributed by atoms with Crippen molar-refractivity contribution >= 4 is 0 Å². The lowest BCUT2D eigenvalue weighted by Gasteiger charge is -2.38. The summed E-state index contributed by atoms with van der Waals surface area (Å²) in [5, 5.41) is 0. The number of fused-ring (bicyclic) bond motifs is 1. The number of ether oxygens (including phenoxy) is 2. The maximum absolute atomic E-state index is 5.77. The molecule has 0 bridgehead atoms. The van der Waals surface area contributed by atoms with Gasteiger partial charge in [0.15, 0.2) is 0 Å². The third kappa shape index (κ3) is 1.57. The molecule has 11 heavy (non-hydrogen) atoms. The highest BCUT2D eigenvalue weighted by Crippen LogP contribution is 2.27. The van der Waals surface area contributed by atoms with E-state index in [1.165, 1.54) is 25.7 Å². The summed E-state index contributed by atoms with van der Waals surface area (Å²) >= 11 is 0. The summed E-state index contributed by atoms with van der Waals surface area (Å²) in [6.45, 7) is 3.10. The van der Waals surface area contributed by atoms with E-state index in [-0.39, 0.29) is 0 Å². The Morgan fingerprint density at radius 1 is 1.09 bits per heavy atom. The fraction of sp³-hybridized carbons (Fsp3) is 1.00. The smallest absolute Gasteiger partial charge is 0.0841 e. The van der Waals surface area contributed by atoms with Crippen molar-refractivity contribution in [1.29, 1.82) is 0 Å². The van der Waals surface area contributed by atoms with Gasteiger partial charge in [-0.25, -0.2) is 0 Å². The number of hydrogen-bond acceptors (Lipinski definition) is 2. The second kappa shape index (κ2) is 3.11. The summed E-state index contributed by atoms with van der Waals surface area (Å²) in [6.07, 6.45) is 6.03. The fourth-order valence-electron chi connectivity index (χ4n) is 2.00. The van der Waals surface area contributed by atoms with Crippen molar-refractivity contribution in [3.63, 3.8) is 0 Å². The quantitative estimate of drug-likeness (QED) is 0.532. The molecule has 0 aromatic carbocycles. The molecule has 2 saturated heterocycles. The fourth-order valence-corrected chi connectivity index (χ4v) is 2.00. The lowest BCUT2D eigenvalue weighted by molar-refractivity contribution is -0.158. The zero-order valence-electron chi connectivity index (χ0n) is 7.08. The average Bonchev–Trinajstić information content (AvgIpc) is 2.04. The topological polar surface area (TPSA) is 18.5 Å². The summed E-state index contributed by atoms with van der Waals surface area (Å²) in [7, 11) is 0. The van der Waals surface area contributed by atoms with Gasteiger partial charge >= 0.3 is 0 Å². The van der Waals surface area contributed by atoms with Gasteiger partial charge in [-0.05, 0) is 32.6 Å². The largest absolute Gasteiger partial charge is 0.376 e. The van der Waals surface area contributed by atoms with Gasteiger partial charge in [0.1, 0.15) is 0 Å². The summed E-state index contributed by atoms with van der Waals surface area (Å²) in [5.74, 6) is 0. The Hall–Kier alpha value is -0.0800. The molecule has 0 amide bonds. The van der Waals surface area contributed by atoms with Gasteiger partial charge < -0.3 is 9.47 Å². The third-order valence-electron chi connectivity index (χ3n) is 2.64. The van der Waals surface area contributed by atoms with Crippen LogP contribution in [-0.4, -0.2) is 24.9 Å². The molecule has 2 fully saturated rings. The summed E-state index contributed by atoms with van der Waals surface area (Å²) < 4.78 is 11.4. The normalized spacial score (nSPS) is 45.0.